The molecule has 1 aromatic carbocycles. The molecule has 2 aromatic rings. The summed E-state index contributed by atoms with van der Waals surface area (Å²) in [5.74, 6) is -1.56. The molecule has 0 radical (unpaired) electrons. The summed E-state index contributed by atoms with van der Waals surface area (Å²) >= 11 is 1.37. The fourth-order valence-electron chi connectivity index (χ4n) is 1.91. The molecule has 0 bridgehead atoms. The van der Waals surface area contributed by atoms with Crippen LogP contribution in [0.2, 0.25) is 0 Å². The average molecular weight is 304 g/mol. The predicted molar refractivity (Wildman–Crippen MR) is 81.0 cm³/mol. The Morgan fingerprint density at radius 1 is 1.19 bits per heavy atom. The molecule has 5 nitrogen and oxygen atoms in total. The highest BCUT2D eigenvalue weighted by Crippen LogP contribution is 2.17. The van der Waals surface area contributed by atoms with Gasteiger partial charge in [0.15, 0.2) is 0 Å². The Hall–Kier alpha value is -2.18. The summed E-state index contributed by atoms with van der Waals surface area (Å²) in [7, 11) is 0. The number of aliphatic carboxylic acids is 1. The van der Waals surface area contributed by atoms with Crippen LogP contribution in [0, 0.1) is 0 Å². The third-order valence-electron chi connectivity index (χ3n) is 3.03. The van der Waals surface area contributed by atoms with Gasteiger partial charge in [-0.1, -0.05) is 36.4 Å². The molecule has 0 aliphatic rings. The molecule has 2 atom stereocenters. The van der Waals surface area contributed by atoms with E-state index in [2.05, 4.69) is 5.32 Å². The van der Waals surface area contributed by atoms with Gasteiger partial charge in [-0.15, -0.1) is 11.3 Å². The van der Waals surface area contributed by atoms with Gasteiger partial charge in [0.25, 0.3) is 0 Å². The summed E-state index contributed by atoms with van der Waals surface area (Å²) in [6.45, 7) is 0. The summed E-state index contributed by atoms with van der Waals surface area (Å²) in [5, 5.41) is 13.6. The lowest BCUT2D eigenvalue weighted by molar-refractivity contribution is -0.142. The summed E-state index contributed by atoms with van der Waals surface area (Å²) in [5.41, 5.74) is 6.67. The zero-order valence-electron chi connectivity index (χ0n) is 11.2. The first-order valence-corrected chi connectivity index (χ1v) is 7.32. The minimum atomic E-state index is -1.08. The maximum atomic E-state index is 12.1. The van der Waals surface area contributed by atoms with Crippen LogP contribution in [0.25, 0.3) is 0 Å². The Morgan fingerprint density at radius 3 is 2.48 bits per heavy atom. The fraction of sp³-hybridized carbons (Fsp3) is 0.200. The highest BCUT2D eigenvalue weighted by Gasteiger charge is 2.24. The van der Waals surface area contributed by atoms with E-state index in [1.165, 1.54) is 11.3 Å². The molecule has 0 spiro atoms. The van der Waals surface area contributed by atoms with Gasteiger partial charge in [-0.25, -0.2) is 4.79 Å². The summed E-state index contributed by atoms with van der Waals surface area (Å²) in [6, 6.07) is 10.9. The molecule has 1 heterocycles. The van der Waals surface area contributed by atoms with Gasteiger partial charge in [0.05, 0.1) is 0 Å². The van der Waals surface area contributed by atoms with Crippen molar-refractivity contribution < 1.29 is 14.7 Å². The van der Waals surface area contributed by atoms with Gasteiger partial charge in [0.1, 0.15) is 12.1 Å². The molecule has 2 rings (SSSR count). The Kier molecular flexibility index (Phi) is 5.08. The second kappa shape index (κ2) is 7.01. The third kappa shape index (κ3) is 4.14. The topological polar surface area (TPSA) is 92.4 Å². The van der Waals surface area contributed by atoms with E-state index in [9.17, 15) is 14.7 Å². The first-order valence-electron chi connectivity index (χ1n) is 6.44. The molecule has 6 heteroatoms. The molecule has 0 saturated carbocycles. The Morgan fingerprint density at radius 2 is 1.90 bits per heavy atom. The summed E-state index contributed by atoms with van der Waals surface area (Å²) in [4.78, 5) is 24.1. The number of hydrogen-bond donors (Lipinski definition) is 3. The van der Waals surface area contributed by atoms with Gasteiger partial charge in [-0.05, 0) is 17.0 Å². The van der Waals surface area contributed by atoms with E-state index in [0.29, 0.717) is 4.88 Å². The van der Waals surface area contributed by atoms with Crippen molar-refractivity contribution >= 4 is 23.2 Å². The number of amides is 1. The molecule has 4 N–H and O–H groups in total. The summed E-state index contributed by atoms with van der Waals surface area (Å²) < 4.78 is 0. The smallest absolute Gasteiger partial charge is 0.326 e. The van der Waals surface area contributed by atoms with Gasteiger partial charge in [0.2, 0.25) is 5.91 Å². The second-order valence-corrected chi connectivity index (χ2v) is 5.56. The van der Waals surface area contributed by atoms with Crippen molar-refractivity contribution in [1.29, 1.82) is 0 Å². The number of carboxylic acid groups (broad SMARTS) is 1. The molecule has 1 amide bonds. The predicted octanol–water partition coefficient (Wildman–Crippen LogP) is 1.56. The van der Waals surface area contributed by atoms with Gasteiger partial charge in [-0.2, -0.15) is 0 Å². The maximum Gasteiger partial charge on any atom is 0.326 e. The van der Waals surface area contributed by atoms with Crippen molar-refractivity contribution in [2.24, 2.45) is 5.73 Å². The molecular formula is C15H16N2O3S. The van der Waals surface area contributed by atoms with Crippen molar-refractivity contribution in [3.63, 3.8) is 0 Å². The lowest BCUT2D eigenvalue weighted by Crippen LogP contribution is -2.45. The SMILES string of the molecule is NC(C(=O)N[C@H](Cc1ccccc1)C(=O)O)c1cccs1. The van der Waals surface area contributed by atoms with Crippen LogP contribution in [0.1, 0.15) is 16.5 Å². The van der Waals surface area contributed by atoms with E-state index in [0.717, 1.165) is 5.56 Å². The number of thiophene rings is 1. The zero-order chi connectivity index (χ0) is 15.2. The first-order chi connectivity index (χ1) is 10.1. The van der Waals surface area contributed by atoms with E-state index in [1.807, 2.05) is 35.7 Å². The van der Waals surface area contributed by atoms with Crippen LogP contribution in [0.3, 0.4) is 0 Å². The molecule has 0 aliphatic carbocycles. The lowest BCUT2D eigenvalue weighted by atomic mass is 10.1. The van der Waals surface area contributed by atoms with Crippen LogP contribution >= 0.6 is 11.3 Å². The molecule has 0 saturated heterocycles. The molecule has 0 aliphatic heterocycles. The molecule has 21 heavy (non-hydrogen) atoms. The minimum absolute atomic E-state index is 0.221. The van der Waals surface area contributed by atoms with E-state index in [1.54, 1.807) is 12.1 Å². The largest absolute Gasteiger partial charge is 0.480 e. The van der Waals surface area contributed by atoms with E-state index >= 15 is 0 Å². The highest BCUT2D eigenvalue weighted by molar-refractivity contribution is 7.10. The number of rotatable bonds is 6. The molecule has 0 fully saturated rings. The van der Waals surface area contributed by atoms with Crippen molar-refractivity contribution in [2.45, 2.75) is 18.5 Å². The first kappa shape index (κ1) is 15.2. The third-order valence-corrected chi connectivity index (χ3v) is 3.98. The Labute approximate surface area is 126 Å². The Bertz CT molecular complexity index is 599. The van der Waals surface area contributed by atoms with Crippen molar-refractivity contribution in [2.75, 3.05) is 0 Å². The van der Waals surface area contributed by atoms with Crippen LogP contribution in [0.4, 0.5) is 0 Å². The van der Waals surface area contributed by atoms with E-state index in [-0.39, 0.29) is 6.42 Å². The average Bonchev–Trinajstić information content (AvgIpc) is 3.00. The standard InChI is InChI=1S/C15H16N2O3S/c16-13(12-7-4-8-21-12)14(18)17-11(15(19)20)9-10-5-2-1-3-6-10/h1-8,11,13H,9,16H2,(H,17,18)(H,19,20)/t11-,13?/m1/s1. The van der Waals surface area contributed by atoms with E-state index < -0.39 is 24.0 Å². The molecule has 110 valence electrons. The molecule has 1 aromatic heterocycles. The maximum absolute atomic E-state index is 12.1. The zero-order valence-corrected chi connectivity index (χ0v) is 12.0. The van der Waals surface area contributed by atoms with Gasteiger partial charge >= 0.3 is 5.97 Å². The van der Waals surface area contributed by atoms with Gasteiger partial charge < -0.3 is 16.2 Å². The number of nitrogens with two attached hydrogens (primary N) is 1. The van der Waals surface area contributed by atoms with E-state index in [4.69, 9.17) is 5.73 Å². The number of benzene rings is 1. The van der Waals surface area contributed by atoms with Crippen LogP contribution in [-0.4, -0.2) is 23.0 Å². The van der Waals surface area contributed by atoms with Crippen molar-refractivity contribution in [3.05, 3.63) is 58.3 Å². The summed E-state index contributed by atoms with van der Waals surface area (Å²) in [6.07, 6.45) is 0.221. The van der Waals surface area contributed by atoms with Crippen LogP contribution in [0.5, 0.6) is 0 Å². The van der Waals surface area contributed by atoms with Crippen LogP contribution in [0.15, 0.2) is 47.8 Å². The number of carboxylic acids is 1. The lowest BCUT2D eigenvalue weighted by Gasteiger charge is -2.17. The van der Waals surface area contributed by atoms with Crippen LogP contribution < -0.4 is 11.1 Å². The molecular weight excluding hydrogens is 288 g/mol. The number of carbonyl (C=O) groups excluding carboxylic acids is 1. The van der Waals surface area contributed by atoms with Crippen molar-refractivity contribution in [3.8, 4) is 0 Å². The van der Waals surface area contributed by atoms with Gasteiger partial charge in [0, 0.05) is 11.3 Å². The molecule has 1 unspecified atom stereocenters. The Balaban J connectivity index is 2.03. The highest BCUT2D eigenvalue weighted by atomic mass is 32.1. The monoisotopic (exact) mass is 304 g/mol. The minimum Gasteiger partial charge on any atom is -0.480 e. The number of hydrogen-bond acceptors (Lipinski definition) is 4. The number of nitrogens with one attached hydrogen (secondary N) is 1. The second-order valence-electron chi connectivity index (χ2n) is 4.58. The normalized spacial score (nSPS) is 13.4. The fourth-order valence-corrected chi connectivity index (χ4v) is 2.63. The number of carbonyl (C=O) groups is 2. The quantitative estimate of drug-likeness (QED) is 0.755. The van der Waals surface area contributed by atoms with Crippen molar-refractivity contribution in [1.82, 2.24) is 5.32 Å². The van der Waals surface area contributed by atoms with Gasteiger partial charge in [-0.3, -0.25) is 4.79 Å². The van der Waals surface area contributed by atoms with Crippen LogP contribution in [-0.2, 0) is 16.0 Å².